The van der Waals surface area contributed by atoms with E-state index in [1.54, 1.807) is 30.2 Å². The molecule has 0 aliphatic rings. The normalized spacial score (nSPS) is 9.77. The lowest BCUT2D eigenvalue weighted by Crippen LogP contribution is -2.09. The van der Waals surface area contributed by atoms with E-state index in [2.05, 4.69) is 75.5 Å². The van der Waals surface area contributed by atoms with Gasteiger partial charge in [-0.2, -0.15) is 22.8 Å². The molecule has 0 radical (unpaired) electrons. The number of halogens is 1. The van der Waals surface area contributed by atoms with Gasteiger partial charge in [-0.3, -0.25) is 0 Å². The molecule has 2 aromatic heterocycles. The number of nitrogens with zero attached hydrogens (tertiary/aromatic N) is 6. The zero-order valence-electron chi connectivity index (χ0n) is 20.4. The molecule has 4 aromatic rings. The van der Waals surface area contributed by atoms with Gasteiger partial charge in [-0.05, 0) is 17.2 Å². The van der Waals surface area contributed by atoms with E-state index >= 15 is 0 Å². The molecule has 0 N–H and O–H groups in total. The summed E-state index contributed by atoms with van der Waals surface area (Å²) in [6.07, 6.45) is 3.43. The number of anilines is 2. The highest BCUT2D eigenvalue weighted by Gasteiger charge is 2.01. The summed E-state index contributed by atoms with van der Waals surface area (Å²) in [5.41, 5.74) is 4.61. The highest BCUT2D eigenvalue weighted by Crippen LogP contribution is 2.23. The maximum absolute atomic E-state index is 5.59. The molecule has 2 heterocycles. The Balaban J connectivity index is 0.000000204. The van der Waals surface area contributed by atoms with Crippen LogP contribution in [0, 0.1) is 0 Å². The summed E-state index contributed by atoms with van der Waals surface area (Å²) in [4.78, 5) is 3.95. The van der Waals surface area contributed by atoms with E-state index in [1.807, 2.05) is 62.3 Å². The van der Waals surface area contributed by atoms with Gasteiger partial charge in [-0.25, -0.2) is 0 Å². The highest BCUT2D eigenvalue weighted by atomic mass is 35.5. The Morgan fingerprint density at radius 3 is 1.71 bits per heavy atom. The number of thiol groups is 1. The van der Waals surface area contributed by atoms with Gasteiger partial charge < -0.3 is 9.80 Å². The van der Waals surface area contributed by atoms with Gasteiger partial charge in [0, 0.05) is 45.8 Å². The van der Waals surface area contributed by atoms with Gasteiger partial charge in [0.05, 0.1) is 23.8 Å². The van der Waals surface area contributed by atoms with Crippen molar-refractivity contribution in [3.8, 4) is 0 Å². The second-order valence-corrected chi connectivity index (χ2v) is 9.39. The Labute approximate surface area is 223 Å². The molecule has 0 saturated heterocycles. The van der Waals surface area contributed by atoms with E-state index in [1.165, 1.54) is 11.1 Å². The molecule has 0 unspecified atom stereocenters. The van der Waals surface area contributed by atoms with Gasteiger partial charge in [0.1, 0.15) is 5.03 Å². The Kier molecular flexibility index (Phi) is 13.0. The first-order valence-corrected chi connectivity index (χ1v) is 12.9. The third-order valence-electron chi connectivity index (χ3n) is 4.52. The van der Waals surface area contributed by atoms with Crippen molar-refractivity contribution in [2.75, 3.05) is 38.0 Å². The van der Waals surface area contributed by atoms with Crippen molar-refractivity contribution in [1.29, 1.82) is 0 Å². The molecular formula is C26H31ClN6S2. The topological polar surface area (TPSA) is 58.0 Å². The lowest BCUT2D eigenvalue weighted by atomic mass is 10.2. The number of hydrogen-bond acceptors (Lipinski definition) is 8. The fraction of sp³-hybridized carbons (Fsp3) is 0.231. The third-order valence-corrected chi connectivity index (χ3v) is 6.04. The minimum atomic E-state index is 0.422. The zero-order chi connectivity index (χ0) is 25.5. The zero-order valence-corrected chi connectivity index (χ0v) is 22.9. The molecule has 0 spiro atoms. The van der Waals surface area contributed by atoms with Gasteiger partial charge >= 0.3 is 0 Å². The molecular weight excluding hydrogens is 496 g/mol. The number of hydrogen-bond donors (Lipinski definition) is 1. The van der Waals surface area contributed by atoms with Crippen molar-refractivity contribution in [1.82, 2.24) is 20.4 Å². The van der Waals surface area contributed by atoms with Crippen molar-refractivity contribution in [3.63, 3.8) is 0 Å². The van der Waals surface area contributed by atoms with E-state index < -0.39 is 0 Å². The summed E-state index contributed by atoms with van der Waals surface area (Å²) >= 11 is 11.4. The third kappa shape index (κ3) is 11.4. The number of rotatable bonds is 6. The quantitative estimate of drug-likeness (QED) is 0.239. The summed E-state index contributed by atoms with van der Waals surface area (Å²) in [6.45, 7) is 0. The fourth-order valence-corrected chi connectivity index (χ4v) is 3.73. The summed E-state index contributed by atoms with van der Waals surface area (Å²) in [6, 6.07) is 24.4. The minimum absolute atomic E-state index is 0.422. The molecule has 35 heavy (non-hydrogen) atoms. The Bertz CT molecular complexity index is 1110. The Morgan fingerprint density at radius 1 is 0.743 bits per heavy atom. The van der Waals surface area contributed by atoms with Crippen LogP contribution >= 0.6 is 36.0 Å². The van der Waals surface area contributed by atoms with Crippen LogP contribution < -0.4 is 9.80 Å². The molecule has 0 saturated carbocycles. The van der Waals surface area contributed by atoms with Crippen LogP contribution in [0.2, 0.25) is 5.15 Å². The van der Waals surface area contributed by atoms with Crippen molar-refractivity contribution in [2.24, 2.45) is 0 Å². The van der Waals surface area contributed by atoms with Crippen molar-refractivity contribution in [2.45, 2.75) is 16.5 Å². The van der Waals surface area contributed by atoms with E-state index in [0.717, 1.165) is 27.9 Å². The van der Waals surface area contributed by atoms with Crippen molar-refractivity contribution >= 4 is 47.4 Å². The lowest BCUT2D eigenvalue weighted by molar-refractivity contribution is 0.915. The molecule has 0 amide bonds. The van der Waals surface area contributed by atoms with Crippen LogP contribution in [-0.2, 0) is 11.5 Å². The molecule has 0 fully saturated rings. The maximum atomic E-state index is 5.59. The average Bonchev–Trinajstić information content (AvgIpc) is 2.89. The Hall–Kier alpha value is -2.81. The molecule has 2 aromatic carbocycles. The molecule has 6 nitrogen and oxygen atoms in total. The van der Waals surface area contributed by atoms with E-state index in [9.17, 15) is 0 Å². The van der Waals surface area contributed by atoms with Gasteiger partial charge in [0.25, 0.3) is 0 Å². The summed E-state index contributed by atoms with van der Waals surface area (Å²) in [5, 5.41) is 16.8. The van der Waals surface area contributed by atoms with E-state index in [-0.39, 0.29) is 0 Å². The van der Waals surface area contributed by atoms with Crippen LogP contribution in [0.25, 0.3) is 0 Å². The van der Waals surface area contributed by atoms with E-state index in [4.69, 9.17) is 11.6 Å². The predicted octanol–water partition coefficient (Wildman–Crippen LogP) is 6.15. The van der Waals surface area contributed by atoms with Gasteiger partial charge in [-0.15, -0.1) is 10.2 Å². The standard InChI is InChI=1S/C13H15N3S.C7H8S.C6H8ClN3/c1-16(2)12-8-13(15-14-9-12)17-10-11-6-4-3-5-7-11;8-6-7-4-2-1-3-5-7;1-10(2)5-3-6(7)9-8-4-5/h3-9H,10H2,1-2H3;1-5,8H,6H2;3-4H,1-2H3. The molecule has 0 aliphatic carbocycles. The first-order valence-electron chi connectivity index (χ1n) is 10.9. The van der Waals surface area contributed by atoms with Crippen LogP contribution in [0.4, 0.5) is 11.4 Å². The molecule has 184 valence electrons. The number of benzene rings is 2. The lowest BCUT2D eigenvalue weighted by Gasteiger charge is -2.11. The maximum Gasteiger partial charge on any atom is 0.153 e. The SMILES string of the molecule is CN(C)c1cnnc(Cl)c1.CN(C)c1cnnc(SCc2ccccc2)c1.SCc1ccccc1. The second-order valence-electron chi connectivity index (χ2n) is 7.70. The highest BCUT2D eigenvalue weighted by molar-refractivity contribution is 7.98. The van der Waals surface area contributed by atoms with Gasteiger partial charge in [-0.1, -0.05) is 84.0 Å². The largest absolute Gasteiger partial charge is 0.376 e. The van der Waals surface area contributed by atoms with Crippen LogP contribution in [-0.4, -0.2) is 48.6 Å². The minimum Gasteiger partial charge on any atom is -0.376 e. The van der Waals surface area contributed by atoms with E-state index in [0.29, 0.717) is 5.15 Å². The summed E-state index contributed by atoms with van der Waals surface area (Å²) in [7, 11) is 7.85. The first kappa shape index (κ1) is 28.4. The molecule has 0 atom stereocenters. The van der Waals surface area contributed by atoms with Crippen LogP contribution in [0.3, 0.4) is 0 Å². The molecule has 4 rings (SSSR count). The molecule has 0 bridgehead atoms. The average molecular weight is 527 g/mol. The number of aromatic nitrogens is 4. The van der Waals surface area contributed by atoms with Crippen molar-refractivity contribution in [3.05, 3.63) is 101 Å². The van der Waals surface area contributed by atoms with Gasteiger partial charge in [0.15, 0.2) is 5.15 Å². The summed E-state index contributed by atoms with van der Waals surface area (Å²) < 4.78 is 0. The monoisotopic (exact) mass is 526 g/mol. The predicted molar refractivity (Wildman–Crippen MR) is 153 cm³/mol. The van der Waals surface area contributed by atoms with Gasteiger partial charge in [0.2, 0.25) is 0 Å². The van der Waals surface area contributed by atoms with Crippen LogP contribution in [0.15, 0.2) is 90.2 Å². The van der Waals surface area contributed by atoms with Crippen LogP contribution in [0.5, 0.6) is 0 Å². The summed E-state index contributed by atoms with van der Waals surface area (Å²) in [5.74, 6) is 1.76. The number of thioether (sulfide) groups is 1. The van der Waals surface area contributed by atoms with Crippen LogP contribution in [0.1, 0.15) is 11.1 Å². The second kappa shape index (κ2) is 16.0. The fourth-order valence-electron chi connectivity index (χ4n) is 2.54. The Morgan fingerprint density at radius 2 is 1.26 bits per heavy atom. The first-order chi connectivity index (χ1) is 16.9. The molecule has 9 heteroatoms. The smallest absolute Gasteiger partial charge is 0.153 e. The van der Waals surface area contributed by atoms with Crippen molar-refractivity contribution < 1.29 is 0 Å². The molecule has 0 aliphatic heterocycles.